The number of carbonyl (C=O) groups excluding carboxylic acids is 1. The van der Waals surface area contributed by atoms with E-state index in [1.807, 2.05) is 18.7 Å². The van der Waals surface area contributed by atoms with Crippen LogP contribution >= 0.6 is 11.8 Å². The van der Waals surface area contributed by atoms with Crippen LogP contribution in [0.2, 0.25) is 0 Å². The van der Waals surface area contributed by atoms with Crippen molar-refractivity contribution in [1.82, 2.24) is 4.90 Å². The highest BCUT2D eigenvalue weighted by molar-refractivity contribution is 7.99. The van der Waals surface area contributed by atoms with Crippen molar-refractivity contribution >= 4 is 17.7 Å². The average molecular weight is 301 g/mol. The maximum absolute atomic E-state index is 12.3. The fourth-order valence-corrected chi connectivity index (χ4v) is 3.84. The van der Waals surface area contributed by atoms with Crippen LogP contribution < -0.4 is 0 Å². The number of hydrogen-bond donors (Lipinski definition) is 0. The summed E-state index contributed by atoms with van der Waals surface area (Å²) in [6, 6.07) is 0.319. The molecular weight excluding hydrogens is 270 g/mol. The van der Waals surface area contributed by atoms with Crippen LogP contribution in [-0.2, 0) is 9.53 Å². The Hall–Kier alpha value is -0.220. The van der Waals surface area contributed by atoms with Crippen molar-refractivity contribution in [2.45, 2.75) is 53.5 Å². The summed E-state index contributed by atoms with van der Waals surface area (Å²) in [7, 11) is 0. The quantitative estimate of drug-likeness (QED) is 0.703. The maximum Gasteiger partial charge on any atom is 0.310 e. The molecule has 2 atom stereocenters. The molecule has 3 nitrogen and oxygen atoms in total. The number of rotatable bonds is 6. The van der Waals surface area contributed by atoms with Gasteiger partial charge in [-0.2, -0.15) is 11.8 Å². The molecule has 4 heteroatoms. The van der Waals surface area contributed by atoms with Crippen molar-refractivity contribution in [3.63, 3.8) is 0 Å². The zero-order chi connectivity index (χ0) is 15.2. The molecule has 0 aromatic rings. The molecule has 1 rings (SSSR count). The lowest BCUT2D eigenvalue weighted by Crippen LogP contribution is -2.49. The zero-order valence-electron chi connectivity index (χ0n) is 13.8. The summed E-state index contributed by atoms with van der Waals surface area (Å²) in [6.07, 6.45) is 1.91. The standard InChI is InChI=1S/C16H31NO2S/c1-6-13(15(18)19-7-2)14(12-16(3,4)5)17-8-10-20-11-9-17/h13-14H,6-12H2,1-5H3. The van der Waals surface area contributed by atoms with Crippen LogP contribution in [0.25, 0.3) is 0 Å². The van der Waals surface area contributed by atoms with Gasteiger partial charge in [-0.25, -0.2) is 0 Å². The molecule has 0 aliphatic carbocycles. The first-order chi connectivity index (χ1) is 9.39. The molecule has 1 aliphatic heterocycles. The lowest BCUT2D eigenvalue weighted by Gasteiger charge is -2.40. The summed E-state index contributed by atoms with van der Waals surface area (Å²) >= 11 is 2.01. The van der Waals surface area contributed by atoms with Gasteiger partial charge in [0.1, 0.15) is 0 Å². The fourth-order valence-electron chi connectivity index (χ4n) is 2.91. The van der Waals surface area contributed by atoms with Gasteiger partial charge in [-0.05, 0) is 25.2 Å². The molecule has 0 N–H and O–H groups in total. The SMILES string of the molecule is CCOC(=O)C(CC)C(CC(C)(C)C)N1CCSCC1. The third-order valence-corrected chi connectivity index (χ3v) is 4.77. The third-order valence-electron chi connectivity index (χ3n) is 3.83. The molecule has 0 amide bonds. The van der Waals surface area contributed by atoms with E-state index in [9.17, 15) is 4.79 Å². The molecule has 1 saturated heterocycles. The van der Waals surface area contributed by atoms with Crippen molar-refractivity contribution in [2.75, 3.05) is 31.2 Å². The highest BCUT2D eigenvalue weighted by atomic mass is 32.2. The number of hydrogen-bond acceptors (Lipinski definition) is 4. The first-order valence-electron chi connectivity index (χ1n) is 7.87. The third kappa shape index (κ3) is 5.65. The van der Waals surface area contributed by atoms with E-state index < -0.39 is 0 Å². The number of nitrogens with zero attached hydrogens (tertiary/aromatic N) is 1. The Labute approximate surface area is 128 Å². The van der Waals surface area contributed by atoms with E-state index in [2.05, 4.69) is 32.6 Å². The highest BCUT2D eigenvalue weighted by Gasteiger charge is 2.35. The molecule has 0 bridgehead atoms. The molecule has 2 unspecified atom stereocenters. The average Bonchev–Trinajstić information content (AvgIpc) is 2.38. The van der Waals surface area contributed by atoms with Crippen molar-refractivity contribution in [2.24, 2.45) is 11.3 Å². The van der Waals surface area contributed by atoms with E-state index in [0.29, 0.717) is 12.6 Å². The van der Waals surface area contributed by atoms with Crippen molar-refractivity contribution < 1.29 is 9.53 Å². The molecule has 1 fully saturated rings. The molecule has 0 saturated carbocycles. The van der Waals surface area contributed by atoms with Crippen LogP contribution in [0.3, 0.4) is 0 Å². The predicted octanol–water partition coefficient (Wildman–Crippen LogP) is 3.43. The zero-order valence-corrected chi connectivity index (χ0v) is 14.6. The van der Waals surface area contributed by atoms with E-state index in [0.717, 1.165) is 25.9 Å². The fraction of sp³-hybridized carbons (Fsp3) is 0.938. The lowest BCUT2D eigenvalue weighted by molar-refractivity contribution is -0.151. The second-order valence-electron chi connectivity index (χ2n) is 6.75. The number of esters is 1. The topological polar surface area (TPSA) is 29.5 Å². The lowest BCUT2D eigenvalue weighted by atomic mass is 9.81. The molecule has 0 spiro atoms. The second kappa shape index (κ2) is 8.28. The molecule has 20 heavy (non-hydrogen) atoms. The van der Waals surface area contributed by atoms with Crippen molar-refractivity contribution in [3.05, 3.63) is 0 Å². The molecular formula is C16H31NO2S. The van der Waals surface area contributed by atoms with Crippen molar-refractivity contribution in [1.29, 1.82) is 0 Å². The summed E-state index contributed by atoms with van der Waals surface area (Å²) in [5.41, 5.74) is 0.231. The smallest absolute Gasteiger partial charge is 0.310 e. The molecule has 1 aliphatic rings. The van der Waals surface area contributed by atoms with Crippen LogP contribution in [0.4, 0.5) is 0 Å². The van der Waals surface area contributed by atoms with Gasteiger partial charge in [0.05, 0.1) is 12.5 Å². The van der Waals surface area contributed by atoms with Gasteiger partial charge in [-0.1, -0.05) is 27.7 Å². The Balaban J connectivity index is 2.85. The molecule has 0 radical (unpaired) electrons. The number of carbonyl (C=O) groups is 1. The Kier molecular flexibility index (Phi) is 7.38. The maximum atomic E-state index is 12.3. The minimum absolute atomic E-state index is 0.0114. The summed E-state index contributed by atoms with van der Waals surface area (Å²) in [5, 5.41) is 0. The van der Waals surface area contributed by atoms with Gasteiger partial charge in [0, 0.05) is 30.6 Å². The summed E-state index contributed by atoms with van der Waals surface area (Å²) in [6.45, 7) is 13.5. The largest absolute Gasteiger partial charge is 0.466 e. The Morgan fingerprint density at radius 1 is 1.25 bits per heavy atom. The Morgan fingerprint density at radius 2 is 1.85 bits per heavy atom. The van der Waals surface area contributed by atoms with E-state index in [1.165, 1.54) is 11.5 Å². The Morgan fingerprint density at radius 3 is 2.30 bits per heavy atom. The Bertz CT molecular complexity index is 295. The minimum atomic E-state index is -0.0116. The first kappa shape index (κ1) is 17.8. The molecule has 0 aromatic carbocycles. The molecule has 118 valence electrons. The minimum Gasteiger partial charge on any atom is -0.466 e. The van der Waals surface area contributed by atoms with Gasteiger partial charge in [0.2, 0.25) is 0 Å². The van der Waals surface area contributed by atoms with Crippen LogP contribution in [0.1, 0.15) is 47.5 Å². The predicted molar refractivity (Wildman–Crippen MR) is 87.2 cm³/mol. The van der Waals surface area contributed by atoms with Gasteiger partial charge in [0.15, 0.2) is 0 Å². The summed E-state index contributed by atoms with van der Waals surface area (Å²) in [4.78, 5) is 14.8. The van der Waals surface area contributed by atoms with Crippen molar-refractivity contribution in [3.8, 4) is 0 Å². The number of thioether (sulfide) groups is 1. The number of ether oxygens (including phenoxy) is 1. The summed E-state index contributed by atoms with van der Waals surface area (Å²) < 4.78 is 5.31. The summed E-state index contributed by atoms with van der Waals surface area (Å²) in [5.74, 6) is 2.36. The van der Waals surface area contributed by atoms with Gasteiger partial charge in [0.25, 0.3) is 0 Å². The highest BCUT2D eigenvalue weighted by Crippen LogP contribution is 2.31. The molecule has 1 heterocycles. The van der Waals surface area contributed by atoms with E-state index in [-0.39, 0.29) is 17.3 Å². The van der Waals surface area contributed by atoms with Gasteiger partial charge >= 0.3 is 5.97 Å². The van der Waals surface area contributed by atoms with Crippen LogP contribution in [0.5, 0.6) is 0 Å². The van der Waals surface area contributed by atoms with Crippen LogP contribution in [0.15, 0.2) is 0 Å². The van der Waals surface area contributed by atoms with E-state index in [1.54, 1.807) is 0 Å². The monoisotopic (exact) mass is 301 g/mol. The van der Waals surface area contributed by atoms with Crippen LogP contribution in [0, 0.1) is 11.3 Å². The van der Waals surface area contributed by atoms with Gasteiger partial charge in [-0.15, -0.1) is 0 Å². The first-order valence-corrected chi connectivity index (χ1v) is 9.03. The normalized spacial score (nSPS) is 20.4. The van der Waals surface area contributed by atoms with Gasteiger partial charge < -0.3 is 4.74 Å². The van der Waals surface area contributed by atoms with Crippen LogP contribution in [-0.4, -0.2) is 48.1 Å². The van der Waals surface area contributed by atoms with Gasteiger partial charge in [-0.3, -0.25) is 9.69 Å². The second-order valence-corrected chi connectivity index (χ2v) is 7.97. The van der Waals surface area contributed by atoms with E-state index >= 15 is 0 Å². The van der Waals surface area contributed by atoms with E-state index in [4.69, 9.17) is 4.74 Å². The molecule has 0 aromatic heterocycles.